The first kappa shape index (κ1) is 16.8. The molecular formula is C18H19N3O4. The van der Waals surface area contributed by atoms with E-state index in [2.05, 4.69) is 15.3 Å². The van der Waals surface area contributed by atoms with Gasteiger partial charge in [0, 0.05) is 41.9 Å². The van der Waals surface area contributed by atoms with Crippen LogP contribution in [0.1, 0.15) is 16.8 Å². The molecule has 0 atom stereocenters. The van der Waals surface area contributed by atoms with E-state index >= 15 is 0 Å². The summed E-state index contributed by atoms with van der Waals surface area (Å²) in [5.74, 6) is 0.301. The molecule has 0 spiro atoms. The van der Waals surface area contributed by atoms with Gasteiger partial charge in [0.1, 0.15) is 11.3 Å². The Morgan fingerprint density at radius 3 is 2.96 bits per heavy atom. The average molecular weight is 341 g/mol. The SMILES string of the molecule is Cc1cc(=O)oc2c(C)c(OCC(=O)NCCc3cnc[nH]3)ccc12. The van der Waals surface area contributed by atoms with Crippen LogP contribution >= 0.6 is 0 Å². The number of aromatic nitrogens is 2. The monoisotopic (exact) mass is 341 g/mol. The molecule has 0 aliphatic rings. The highest BCUT2D eigenvalue weighted by Gasteiger charge is 2.11. The lowest BCUT2D eigenvalue weighted by Crippen LogP contribution is -2.30. The molecule has 7 heteroatoms. The van der Waals surface area contributed by atoms with Gasteiger partial charge in [-0.3, -0.25) is 4.79 Å². The second kappa shape index (κ2) is 7.21. The highest BCUT2D eigenvalue weighted by Crippen LogP contribution is 2.27. The molecule has 1 aromatic carbocycles. The Kier molecular flexibility index (Phi) is 4.83. The van der Waals surface area contributed by atoms with E-state index in [0.29, 0.717) is 29.9 Å². The van der Waals surface area contributed by atoms with E-state index in [0.717, 1.165) is 16.6 Å². The van der Waals surface area contributed by atoms with Gasteiger partial charge in [-0.15, -0.1) is 0 Å². The van der Waals surface area contributed by atoms with Crippen LogP contribution in [-0.2, 0) is 11.2 Å². The van der Waals surface area contributed by atoms with E-state index in [-0.39, 0.29) is 12.5 Å². The van der Waals surface area contributed by atoms with E-state index < -0.39 is 5.63 Å². The lowest BCUT2D eigenvalue weighted by Gasteiger charge is -2.11. The molecule has 25 heavy (non-hydrogen) atoms. The number of nitrogens with one attached hydrogen (secondary N) is 2. The second-order valence-electron chi connectivity index (χ2n) is 5.78. The van der Waals surface area contributed by atoms with Crippen LogP contribution in [0.2, 0.25) is 0 Å². The Bertz CT molecular complexity index is 945. The number of benzene rings is 1. The molecule has 0 aliphatic carbocycles. The van der Waals surface area contributed by atoms with Gasteiger partial charge in [-0.05, 0) is 31.5 Å². The normalized spacial score (nSPS) is 10.8. The van der Waals surface area contributed by atoms with E-state index in [4.69, 9.17) is 9.15 Å². The third-order valence-corrected chi connectivity index (χ3v) is 3.95. The molecule has 3 aromatic rings. The summed E-state index contributed by atoms with van der Waals surface area (Å²) in [7, 11) is 0. The van der Waals surface area contributed by atoms with Crippen molar-refractivity contribution in [2.45, 2.75) is 20.3 Å². The first-order valence-electron chi connectivity index (χ1n) is 7.95. The summed E-state index contributed by atoms with van der Waals surface area (Å²) in [6, 6.07) is 5.06. The smallest absolute Gasteiger partial charge is 0.336 e. The van der Waals surface area contributed by atoms with Crippen LogP contribution in [0.3, 0.4) is 0 Å². The first-order chi connectivity index (χ1) is 12.0. The molecule has 0 fully saturated rings. The van der Waals surface area contributed by atoms with Crippen LogP contribution in [0.15, 0.2) is 39.9 Å². The van der Waals surface area contributed by atoms with Gasteiger partial charge in [0.2, 0.25) is 0 Å². The molecule has 0 radical (unpaired) electrons. The fourth-order valence-electron chi connectivity index (χ4n) is 2.61. The first-order valence-corrected chi connectivity index (χ1v) is 7.95. The number of hydrogen-bond acceptors (Lipinski definition) is 5. The number of aryl methyl sites for hydroxylation is 2. The summed E-state index contributed by atoms with van der Waals surface area (Å²) in [6.07, 6.45) is 3.99. The van der Waals surface area contributed by atoms with Crippen molar-refractivity contribution >= 4 is 16.9 Å². The lowest BCUT2D eigenvalue weighted by molar-refractivity contribution is -0.123. The number of ether oxygens (including phenoxy) is 1. The molecule has 1 amide bonds. The van der Waals surface area contributed by atoms with Crippen LogP contribution in [-0.4, -0.2) is 29.0 Å². The molecule has 0 unspecified atom stereocenters. The number of carbonyl (C=O) groups excluding carboxylic acids is 1. The van der Waals surface area contributed by atoms with Crippen molar-refractivity contribution in [1.29, 1.82) is 0 Å². The van der Waals surface area contributed by atoms with Crippen LogP contribution in [0.4, 0.5) is 0 Å². The highest BCUT2D eigenvalue weighted by molar-refractivity contribution is 5.85. The zero-order valence-electron chi connectivity index (χ0n) is 14.1. The summed E-state index contributed by atoms with van der Waals surface area (Å²) >= 11 is 0. The topological polar surface area (TPSA) is 97.2 Å². The minimum absolute atomic E-state index is 0.106. The summed E-state index contributed by atoms with van der Waals surface area (Å²) in [4.78, 5) is 30.4. The van der Waals surface area contributed by atoms with Crippen molar-refractivity contribution in [2.24, 2.45) is 0 Å². The van der Waals surface area contributed by atoms with Crippen molar-refractivity contribution in [1.82, 2.24) is 15.3 Å². The van der Waals surface area contributed by atoms with E-state index in [1.807, 2.05) is 13.0 Å². The lowest BCUT2D eigenvalue weighted by atomic mass is 10.1. The van der Waals surface area contributed by atoms with Gasteiger partial charge in [-0.1, -0.05) is 0 Å². The molecule has 0 bridgehead atoms. The Labute approximate surface area is 144 Å². The molecule has 0 saturated carbocycles. The van der Waals surface area contributed by atoms with Crippen LogP contribution in [0.5, 0.6) is 5.75 Å². The maximum absolute atomic E-state index is 11.9. The van der Waals surface area contributed by atoms with Crippen molar-refractivity contribution in [2.75, 3.05) is 13.2 Å². The average Bonchev–Trinajstić information content (AvgIpc) is 3.08. The van der Waals surface area contributed by atoms with Gasteiger partial charge >= 0.3 is 5.63 Å². The Morgan fingerprint density at radius 1 is 1.36 bits per heavy atom. The fourth-order valence-corrected chi connectivity index (χ4v) is 2.61. The Balaban J connectivity index is 1.62. The maximum Gasteiger partial charge on any atom is 0.336 e. The molecule has 2 heterocycles. The fraction of sp³-hybridized carbons (Fsp3) is 0.278. The summed E-state index contributed by atoms with van der Waals surface area (Å²) < 4.78 is 10.9. The standard InChI is InChI=1S/C18H19N3O4/c1-11-7-17(23)25-18-12(2)15(4-3-14(11)18)24-9-16(22)20-6-5-13-8-19-10-21-13/h3-4,7-8,10H,5-6,9H2,1-2H3,(H,19,21)(H,20,22). The van der Waals surface area contributed by atoms with Crippen molar-refractivity contribution < 1.29 is 13.9 Å². The molecular weight excluding hydrogens is 322 g/mol. The quantitative estimate of drug-likeness (QED) is 0.667. The number of amides is 1. The van der Waals surface area contributed by atoms with Crippen LogP contribution < -0.4 is 15.7 Å². The third kappa shape index (κ3) is 3.88. The van der Waals surface area contributed by atoms with E-state index in [9.17, 15) is 9.59 Å². The maximum atomic E-state index is 11.9. The van der Waals surface area contributed by atoms with E-state index in [1.54, 1.807) is 25.5 Å². The number of nitrogens with zero attached hydrogens (tertiary/aromatic N) is 1. The minimum atomic E-state index is -0.401. The number of aromatic amines is 1. The Hall–Kier alpha value is -3.09. The van der Waals surface area contributed by atoms with Gasteiger partial charge in [-0.2, -0.15) is 0 Å². The number of H-pyrrole nitrogens is 1. The van der Waals surface area contributed by atoms with Crippen LogP contribution in [0, 0.1) is 13.8 Å². The third-order valence-electron chi connectivity index (χ3n) is 3.95. The van der Waals surface area contributed by atoms with E-state index in [1.165, 1.54) is 6.07 Å². The number of imidazole rings is 1. The molecule has 130 valence electrons. The molecule has 3 rings (SSSR count). The second-order valence-corrected chi connectivity index (χ2v) is 5.78. The largest absolute Gasteiger partial charge is 0.483 e. The molecule has 7 nitrogen and oxygen atoms in total. The Morgan fingerprint density at radius 2 is 2.20 bits per heavy atom. The van der Waals surface area contributed by atoms with Gasteiger partial charge in [-0.25, -0.2) is 9.78 Å². The molecule has 2 aromatic heterocycles. The summed E-state index contributed by atoms with van der Waals surface area (Å²) in [5.41, 5.74) is 2.59. The van der Waals surface area contributed by atoms with Gasteiger partial charge in [0.15, 0.2) is 6.61 Å². The zero-order chi connectivity index (χ0) is 17.8. The van der Waals surface area contributed by atoms with Crippen molar-refractivity contribution in [3.05, 3.63) is 58.0 Å². The number of fused-ring (bicyclic) bond motifs is 1. The van der Waals surface area contributed by atoms with Crippen molar-refractivity contribution in [3.8, 4) is 5.75 Å². The van der Waals surface area contributed by atoms with Gasteiger partial charge in [0.25, 0.3) is 5.91 Å². The number of carbonyl (C=O) groups is 1. The van der Waals surface area contributed by atoms with Crippen LogP contribution in [0.25, 0.3) is 11.0 Å². The minimum Gasteiger partial charge on any atom is -0.483 e. The molecule has 0 aliphatic heterocycles. The summed E-state index contributed by atoms with van der Waals surface area (Å²) in [6.45, 7) is 4.04. The highest BCUT2D eigenvalue weighted by atomic mass is 16.5. The number of hydrogen-bond donors (Lipinski definition) is 2. The van der Waals surface area contributed by atoms with Crippen molar-refractivity contribution in [3.63, 3.8) is 0 Å². The molecule has 0 saturated heterocycles. The number of rotatable bonds is 6. The van der Waals surface area contributed by atoms with Gasteiger partial charge < -0.3 is 19.5 Å². The summed E-state index contributed by atoms with van der Waals surface area (Å²) in [5, 5.41) is 3.64. The predicted octanol–water partition coefficient (Wildman–Crippen LogP) is 1.87. The van der Waals surface area contributed by atoms with Gasteiger partial charge in [0.05, 0.1) is 6.33 Å². The predicted molar refractivity (Wildman–Crippen MR) is 92.8 cm³/mol. The zero-order valence-corrected chi connectivity index (χ0v) is 14.1. The molecule has 2 N–H and O–H groups in total.